The molecule has 1 atom stereocenters. The van der Waals surface area contributed by atoms with Crippen LogP contribution in [0.15, 0.2) is 18.2 Å². The maximum atomic E-state index is 6.01. The first-order valence-corrected chi connectivity index (χ1v) is 6.33. The number of hydrogen-bond donors (Lipinski definition) is 1. The number of ether oxygens (including phenoxy) is 1. The van der Waals surface area contributed by atoms with E-state index in [1.54, 1.807) is 0 Å². The molecule has 1 saturated heterocycles. The van der Waals surface area contributed by atoms with Crippen LogP contribution < -0.4 is 10.1 Å². The van der Waals surface area contributed by atoms with Gasteiger partial charge in [0.2, 0.25) is 0 Å². The summed E-state index contributed by atoms with van der Waals surface area (Å²) in [6, 6.07) is 5.87. The van der Waals surface area contributed by atoms with Gasteiger partial charge in [0.15, 0.2) is 0 Å². The molecule has 1 aromatic rings. The standard InChI is InChI=1S/C13H18ClNO.ClH/c1-2-10-8-11(14)5-6-13(10)16-12-4-3-7-15-9-12;/h5-6,8,12,15H,2-4,7,9H2,1H3;1H. The number of nitrogens with one attached hydrogen (secondary N) is 1. The van der Waals surface area contributed by atoms with Crippen LogP contribution in [0, 0.1) is 0 Å². The minimum Gasteiger partial charge on any atom is -0.489 e. The lowest BCUT2D eigenvalue weighted by atomic mass is 10.1. The van der Waals surface area contributed by atoms with E-state index in [1.807, 2.05) is 18.2 Å². The molecule has 1 fully saturated rings. The molecule has 17 heavy (non-hydrogen) atoms. The van der Waals surface area contributed by atoms with Gasteiger partial charge in [-0.2, -0.15) is 0 Å². The minimum atomic E-state index is 0. The Balaban J connectivity index is 0.00000144. The van der Waals surface area contributed by atoms with Crippen molar-refractivity contribution in [3.05, 3.63) is 28.8 Å². The molecule has 1 aliphatic heterocycles. The third kappa shape index (κ3) is 4.06. The molecule has 1 aliphatic rings. The fourth-order valence-corrected chi connectivity index (χ4v) is 2.23. The molecule has 0 aliphatic carbocycles. The summed E-state index contributed by atoms with van der Waals surface area (Å²) in [5.41, 5.74) is 1.19. The van der Waals surface area contributed by atoms with Gasteiger partial charge < -0.3 is 10.1 Å². The number of benzene rings is 1. The highest BCUT2D eigenvalue weighted by Gasteiger charge is 2.15. The van der Waals surface area contributed by atoms with E-state index in [0.29, 0.717) is 6.10 Å². The van der Waals surface area contributed by atoms with E-state index in [1.165, 1.54) is 12.0 Å². The molecular weight excluding hydrogens is 257 g/mol. The molecule has 0 saturated carbocycles. The van der Waals surface area contributed by atoms with Crippen molar-refractivity contribution in [3.8, 4) is 5.75 Å². The lowest BCUT2D eigenvalue weighted by molar-refractivity contribution is 0.165. The molecule has 2 nitrogen and oxygen atoms in total. The Morgan fingerprint density at radius 3 is 2.94 bits per heavy atom. The van der Waals surface area contributed by atoms with E-state index in [2.05, 4.69) is 12.2 Å². The molecule has 2 rings (SSSR count). The Kier molecular flexibility index (Phi) is 6.10. The van der Waals surface area contributed by atoms with E-state index in [-0.39, 0.29) is 12.4 Å². The van der Waals surface area contributed by atoms with Gasteiger partial charge in [0.1, 0.15) is 11.9 Å². The maximum Gasteiger partial charge on any atom is 0.123 e. The molecule has 0 spiro atoms. The Bertz CT molecular complexity index is 351. The molecule has 0 aromatic heterocycles. The highest BCUT2D eigenvalue weighted by atomic mass is 35.5. The van der Waals surface area contributed by atoms with Crippen molar-refractivity contribution in [1.82, 2.24) is 5.32 Å². The van der Waals surface area contributed by atoms with Crippen LogP contribution in [-0.2, 0) is 6.42 Å². The molecule has 1 heterocycles. The van der Waals surface area contributed by atoms with Crippen LogP contribution in [0.2, 0.25) is 5.02 Å². The first-order chi connectivity index (χ1) is 7.79. The number of halogens is 2. The van der Waals surface area contributed by atoms with Crippen molar-refractivity contribution in [3.63, 3.8) is 0 Å². The largest absolute Gasteiger partial charge is 0.489 e. The molecule has 1 N–H and O–H groups in total. The summed E-state index contributed by atoms with van der Waals surface area (Å²) < 4.78 is 6.01. The summed E-state index contributed by atoms with van der Waals surface area (Å²) in [5, 5.41) is 4.14. The Labute approximate surface area is 114 Å². The van der Waals surface area contributed by atoms with Gasteiger partial charge in [-0.05, 0) is 49.6 Å². The first kappa shape index (κ1) is 14.6. The van der Waals surface area contributed by atoms with E-state index in [9.17, 15) is 0 Å². The zero-order chi connectivity index (χ0) is 11.4. The quantitative estimate of drug-likeness (QED) is 0.913. The van der Waals surface area contributed by atoms with E-state index >= 15 is 0 Å². The van der Waals surface area contributed by atoms with Crippen molar-refractivity contribution in [2.75, 3.05) is 13.1 Å². The molecule has 1 unspecified atom stereocenters. The summed E-state index contributed by atoms with van der Waals surface area (Å²) in [6.07, 6.45) is 3.59. The summed E-state index contributed by atoms with van der Waals surface area (Å²) in [4.78, 5) is 0. The molecule has 0 bridgehead atoms. The van der Waals surface area contributed by atoms with E-state index < -0.39 is 0 Å². The monoisotopic (exact) mass is 275 g/mol. The van der Waals surface area contributed by atoms with Gasteiger partial charge in [0, 0.05) is 11.6 Å². The van der Waals surface area contributed by atoms with Crippen LogP contribution in [0.4, 0.5) is 0 Å². The number of piperidine rings is 1. The molecule has 1 aromatic carbocycles. The molecule has 0 radical (unpaired) electrons. The van der Waals surface area contributed by atoms with Crippen LogP contribution in [0.3, 0.4) is 0 Å². The van der Waals surface area contributed by atoms with Gasteiger partial charge in [0.25, 0.3) is 0 Å². The number of rotatable bonds is 3. The molecule has 96 valence electrons. The van der Waals surface area contributed by atoms with Gasteiger partial charge in [-0.1, -0.05) is 18.5 Å². The normalized spacial score (nSPS) is 19.5. The van der Waals surface area contributed by atoms with Gasteiger partial charge >= 0.3 is 0 Å². The topological polar surface area (TPSA) is 21.3 Å². The van der Waals surface area contributed by atoms with Crippen molar-refractivity contribution >= 4 is 24.0 Å². The fourth-order valence-electron chi connectivity index (χ4n) is 2.04. The van der Waals surface area contributed by atoms with Crippen molar-refractivity contribution < 1.29 is 4.74 Å². The van der Waals surface area contributed by atoms with Crippen LogP contribution in [-0.4, -0.2) is 19.2 Å². The van der Waals surface area contributed by atoms with Crippen molar-refractivity contribution in [2.45, 2.75) is 32.3 Å². The second-order valence-corrected chi connectivity index (χ2v) is 4.63. The van der Waals surface area contributed by atoms with Crippen molar-refractivity contribution in [1.29, 1.82) is 0 Å². The smallest absolute Gasteiger partial charge is 0.123 e. The van der Waals surface area contributed by atoms with Gasteiger partial charge in [-0.25, -0.2) is 0 Å². The molecule has 0 amide bonds. The molecular formula is C13H19Cl2NO. The summed E-state index contributed by atoms with van der Waals surface area (Å²) >= 11 is 5.97. The lowest BCUT2D eigenvalue weighted by Gasteiger charge is -2.25. The molecule has 4 heteroatoms. The van der Waals surface area contributed by atoms with Gasteiger partial charge in [0.05, 0.1) is 0 Å². The Hall–Kier alpha value is -0.440. The third-order valence-electron chi connectivity index (χ3n) is 2.95. The maximum absolute atomic E-state index is 6.01. The zero-order valence-corrected chi connectivity index (χ0v) is 11.6. The van der Waals surface area contributed by atoms with Gasteiger partial charge in [-0.3, -0.25) is 0 Å². The second-order valence-electron chi connectivity index (χ2n) is 4.19. The summed E-state index contributed by atoms with van der Waals surface area (Å²) in [6.45, 7) is 4.19. The second kappa shape index (κ2) is 7.10. The predicted octanol–water partition coefficient (Wildman–Crippen LogP) is 3.46. The van der Waals surface area contributed by atoms with Crippen molar-refractivity contribution in [2.24, 2.45) is 0 Å². The SMILES string of the molecule is CCc1cc(Cl)ccc1OC1CCCNC1.Cl. The summed E-state index contributed by atoms with van der Waals surface area (Å²) in [5.74, 6) is 0.987. The Morgan fingerprint density at radius 2 is 2.29 bits per heavy atom. The average molecular weight is 276 g/mol. The van der Waals surface area contributed by atoms with Crippen LogP contribution in [0.5, 0.6) is 5.75 Å². The van der Waals surface area contributed by atoms with E-state index in [0.717, 1.165) is 36.7 Å². The lowest BCUT2D eigenvalue weighted by Crippen LogP contribution is -2.37. The fraction of sp³-hybridized carbons (Fsp3) is 0.538. The van der Waals surface area contributed by atoms with Crippen LogP contribution in [0.25, 0.3) is 0 Å². The van der Waals surface area contributed by atoms with Crippen LogP contribution in [0.1, 0.15) is 25.3 Å². The third-order valence-corrected chi connectivity index (χ3v) is 3.18. The highest BCUT2D eigenvalue weighted by molar-refractivity contribution is 6.30. The van der Waals surface area contributed by atoms with E-state index in [4.69, 9.17) is 16.3 Å². The Morgan fingerprint density at radius 1 is 1.47 bits per heavy atom. The average Bonchev–Trinajstić information content (AvgIpc) is 2.33. The zero-order valence-electron chi connectivity index (χ0n) is 10.0. The minimum absolute atomic E-state index is 0. The van der Waals surface area contributed by atoms with Gasteiger partial charge in [-0.15, -0.1) is 12.4 Å². The first-order valence-electron chi connectivity index (χ1n) is 5.95. The number of hydrogen-bond acceptors (Lipinski definition) is 2. The van der Waals surface area contributed by atoms with Crippen LogP contribution >= 0.6 is 24.0 Å². The highest BCUT2D eigenvalue weighted by Crippen LogP contribution is 2.25. The number of aryl methyl sites for hydroxylation is 1. The summed E-state index contributed by atoms with van der Waals surface area (Å²) in [7, 11) is 0. The predicted molar refractivity (Wildman–Crippen MR) is 74.6 cm³/mol.